The molecule has 1 rings (SSSR count). The summed E-state index contributed by atoms with van der Waals surface area (Å²) < 4.78 is 22.6. The average Bonchev–Trinajstić information content (AvgIpc) is 2.36. The molecule has 0 aliphatic rings. The maximum absolute atomic E-state index is 11.3. The molecule has 0 aliphatic heterocycles. The Morgan fingerprint density at radius 2 is 1.95 bits per heavy atom. The summed E-state index contributed by atoms with van der Waals surface area (Å²) in [4.78, 5) is 0. The van der Waals surface area contributed by atoms with Crippen molar-refractivity contribution in [1.82, 2.24) is 5.32 Å². The van der Waals surface area contributed by atoms with Crippen molar-refractivity contribution in [2.75, 3.05) is 18.6 Å². The van der Waals surface area contributed by atoms with Crippen LogP contribution in [0.25, 0.3) is 0 Å². The summed E-state index contributed by atoms with van der Waals surface area (Å²) in [5.74, 6) is 0.190. The van der Waals surface area contributed by atoms with Crippen molar-refractivity contribution in [2.24, 2.45) is 0 Å². The molecule has 0 spiro atoms. The van der Waals surface area contributed by atoms with Gasteiger partial charge in [-0.25, -0.2) is 8.42 Å². The summed E-state index contributed by atoms with van der Waals surface area (Å²) in [6, 6.07) is 5.66. The molecule has 1 aromatic rings. The van der Waals surface area contributed by atoms with Crippen LogP contribution < -0.4 is 5.32 Å². The predicted molar refractivity (Wildman–Crippen MR) is 86.6 cm³/mol. The lowest BCUT2D eigenvalue weighted by Gasteiger charge is -2.18. The molecule has 114 valence electrons. The first-order valence-electron chi connectivity index (χ1n) is 6.67. The second kappa shape index (κ2) is 8.23. The Kier molecular flexibility index (Phi) is 7.30. The third-order valence-corrected chi connectivity index (χ3v) is 4.70. The van der Waals surface area contributed by atoms with E-state index < -0.39 is 9.84 Å². The summed E-state index contributed by atoms with van der Waals surface area (Å²) in [7, 11) is -2.94. The number of halogens is 2. The third-order valence-electron chi connectivity index (χ3n) is 2.99. The molecule has 3 nitrogen and oxygen atoms in total. The highest BCUT2D eigenvalue weighted by atomic mass is 35.5. The first kappa shape index (κ1) is 17.8. The second-order valence-electron chi connectivity index (χ2n) is 5.02. The standard InChI is InChI=1S/C14H21Cl2NO2S/c1-3-7-17-12(6-8-20(2,18)19)9-11-4-5-13(15)14(16)10-11/h4-5,10,12,17H,3,6-9H2,1-2H3. The van der Waals surface area contributed by atoms with Crippen LogP contribution in [0.1, 0.15) is 25.3 Å². The number of benzene rings is 1. The largest absolute Gasteiger partial charge is 0.314 e. The molecule has 1 atom stereocenters. The van der Waals surface area contributed by atoms with Gasteiger partial charge in [-0.1, -0.05) is 36.2 Å². The van der Waals surface area contributed by atoms with Crippen LogP contribution in [0.4, 0.5) is 0 Å². The van der Waals surface area contributed by atoms with E-state index in [9.17, 15) is 8.42 Å². The van der Waals surface area contributed by atoms with Crippen molar-refractivity contribution in [2.45, 2.75) is 32.2 Å². The molecule has 0 aliphatic carbocycles. The molecule has 0 radical (unpaired) electrons. The zero-order valence-electron chi connectivity index (χ0n) is 11.8. The molecule has 0 fully saturated rings. The number of hydrogen-bond acceptors (Lipinski definition) is 3. The van der Waals surface area contributed by atoms with Crippen LogP contribution >= 0.6 is 23.2 Å². The molecule has 0 saturated heterocycles. The van der Waals surface area contributed by atoms with Gasteiger partial charge in [0.1, 0.15) is 9.84 Å². The smallest absolute Gasteiger partial charge is 0.147 e. The van der Waals surface area contributed by atoms with Crippen molar-refractivity contribution in [3.8, 4) is 0 Å². The van der Waals surface area contributed by atoms with Gasteiger partial charge in [0.05, 0.1) is 15.8 Å². The number of sulfone groups is 1. The molecule has 1 aromatic carbocycles. The highest BCUT2D eigenvalue weighted by molar-refractivity contribution is 7.90. The zero-order chi connectivity index (χ0) is 15.2. The minimum absolute atomic E-state index is 0.127. The quantitative estimate of drug-likeness (QED) is 0.791. The highest BCUT2D eigenvalue weighted by Crippen LogP contribution is 2.23. The van der Waals surface area contributed by atoms with Gasteiger partial charge in [0.2, 0.25) is 0 Å². The lowest BCUT2D eigenvalue weighted by atomic mass is 10.0. The van der Waals surface area contributed by atoms with E-state index in [1.165, 1.54) is 6.26 Å². The summed E-state index contributed by atoms with van der Waals surface area (Å²) in [5.41, 5.74) is 1.06. The average molecular weight is 338 g/mol. The summed E-state index contributed by atoms with van der Waals surface area (Å²) >= 11 is 11.9. The second-order valence-corrected chi connectivity index (χ2v) is 8.10. The van der Waals surface area contributed by atoms with E-state index in [2.05, 4.69) is 12.2 Å². The van der Waals surface area contributed by atoms with Gasteiger partial charge in [0.15, 0.2) is 0 Å². The number of rotatable bonds is 8. The number of hydrogen-bond donors (Lipinski definition) is 1. The first-order chi connectivity index (χ1) is 9.31. The van der Waals surface area contributed by atoms with Crippen LogP contribution in [-0.2, 0) is 16.3 Å². The van der Waals surface area contributed by atoms with Gasteiger partial charge < -0.3 is 5.32 Å². The Bertz CT molecular complexity index is 532. The van der Waals surface area contributed by atoms with Crippen molar-refractivity contribution < 1.29 is 8.42 Å². The van der Waals surface area contributed by atoms with Gasteiger partial charge in [-0.3, -0.25) is 0 Å². The lowest BCUT2D eigenvalue weighted by Crippen LogP contribution is -2.33. The Balaban J connectivity index is 2.69. The maximum Gasteiger partial charge on any atom is 0.147 e. The molecular weight excluding hydrogens is 317 g/mol. The van der Waals surface area contributed by atoms with Crippen molar-refractivity contribution in [3.63, 3.8) is 0 Å². The summed E-state index contributed by atoms with van der Waals surface area (Å²) in [6.45, 7) is 2.95. The maximum atomic E-state index is 11.3. The minimum atomic E-state index is -2.94. The van der Waals surface area contributed by atoms with Gasteiger partial charge in [0, 0.05) is 12.3 Å². The van der Waals surface area contributed by atoms with Gasteiger partial charge in [-0.2, -0.15) is 0 Å². The summed E-state index contributed by atoms with van der Waals surface area (Å²) in [6.07, 6.45) is 3.62. The summed E-state index contributed by atoms with van der Waals surface area (Å²) in [5, 5.41) is 4.45. The number of nitrogens with one attached hydrogen (secondary N) is 1. The van der Waals surface area contributed by atoms with Gasteiger partial charge in [-0.15, -0.1) is 0 Å². The van der Waals surface area contributed by atoms with E-state index in [0.29, 0.717) is 16.5 Å². The Morgan fingerprint density at radius 1 is 1.25 bits per heavy atom. The molecule has 1 N–H and O–H groups in total. The van der Waals surface area contributed by atoms with Crippen LogP contribution in [0.2, 0.25) is 10.0 Å². The Hall–Kier alpha value is -0.290. The van der Waals surface area contributed by atoms with Crippen molar-refractivity contribution >= 4 is 33.0 Å². The van der Waals surface area contributed by atoms with E-state index in [0.717, 1.165) is 24.9 Å². The first-order valence-corrected chi connectivity index (χ1v) is 9.48. The SMILES string of the molecule is CCCNC(CCS(C)(=O)=O)Cc1ccc(Cl)c(Cl)c1. The fourth-order valence-electron chi connectivity index (χ4n) is 1.93. The van der Waals surface area contributed by atoms with Gasteiger partial charge in [-0.05, 0) is 43.5 Å². The molecule has 1 unspecified atom stereocenters. The molecule has 0 bridgehead atoms. The minimum Gasteiger partial charge on any atom is -0.314 e. The van der Waals surface area contributed by atoms with Crippen molar-refractivity contribution in [3.05, 3.63) is 33.8 Å². The monoisotopic (exact) mass is 337 g/mol. The van der Waals surface area contributed by atoms with E-state index >= 15 is 0 Å². The van der Waals surface area contributed by atoms with Crippen molar-refractivity contribution in [1.29, 1.82) is 0 Å². The Labute approximate surface area is 131 Å². The molecule has 0 aromatic heterocycles. The van der Waals surface area contributed by atoms with E-state index in [4.69, 9.17) is 23.2 Å². The topological polar surface area (TPSA) is 46.2 Å². The lowest BCUT2D eigenvalue weighted by molar-refractivity contribution is 0.491. The van der Waals surface area contributed by atoms with E-state index in [-0.39, 0.29) is 11.8 Å². The van der Waals surface area contributed by atoms with Gasteiger partial charge in [0.25, 0.3) is 0 Å². The van der Waals surface area contributed by atoms with Crippen LogP contribution in [0, 0.1) is 0 Å². The fourth-order valence-corrected chi connectivity index (χ4v) is 2.97. The molecule has 0 heterocycles. The third kappa shape index (κ3) is 6.93. The van der Waals surface area contributed by atoms with E-state index in [1.54, 1.807) is 6.07 Å². The molecule has 0 amide bonds. The van der Waals surface area contributed by atoms with Crippen LogP contribution in [0.5, 0.6) is 0 Å². The fraction of sp³-hybridized carbons (Fsp3) is 0.571. The predicted octanol–water partition coefficient (Wildman–Crippen LogP) is 3.34. The van der Waals surface area contributed by atoms with Crippen LogP contribution in [0.3, 0.4) is 0 Å². The van der Waals surface area contributed by atoms with Crippen LogP contribution in [0.15, 0.2) is 18.2 Å². The Morgan fingerprint density at radius 3 is 2.50 bits per heavy atom. The highest BCUT2D eigenvalue weighted by Gasteiger charge is 2.13. The molecule has 0 saturated carbocycles. The van der Waals surface area contributed by atoms with Crippen LogP contribution in [-0.4, -0.2) is 33.0 Å². The molecule has 6 heteroatoms. The van der Waals surface area contributed by atoms with E-state index in [1.807, 2.05) is 12.1 Å². The molecular formula is C14H21Cl2NO2S. The van der Waals surface area contributed by atoms with Gasteiger partial charge >= 0.3 is 0 Å². The molecule has 20 heavy (non-hydrogen) atoms. The zero-order valence-corrected chi connectivity index (χ0v) is 14.2. The normalized spacial score (nSPS) is 13.4.